The lowest BCUT2D eigenvalue weighted by Crippen LogP contribution is -2.72. The molecule has 0 spiro atoms. The van der Waals surface area contributed by atoms with E-state index in [1.54, 1.807) is 7.11 Å². The molecule has 3 rings (SSSR count). The van der Waals surface area contributed by atoms with Gasteiger partial charge in [0.05, 0.1) is 6.61 Å². The van der Waals surface area contributed by atoms with Gasteiger partial charge < -0.3 is 15.2 Å². The Balaban J connectivity index is 2.15. The molecule has 0 aromatic carbocycles. The predicted octanol–water partition coefficient (Wildman–Crippen LogP) is 0.581. The van der Waals surface area contributed by atoms with E-state index < -0.39 is 17.6 Å². The van der Waals surface area contributed by atoms with Crippen LogP contribution in [0, 0.1) is 11.8 Å². The molecule has 22 heavy (non-hydrogen) atoms. The lowest BCUT2D eigenvalue weighted by Gasteiger charge is -2.55. The molecule has 5 atom stereocenters. The van der Waals surface area contributed by atoms with Crippen molar-refractivity contribution >= 4 is 11.8 Å². The van der Waals surface area contributed by atoms with Crippen molar-refractivity contribution in [2.24, 2.45) is 17.6 Å². The van der Waals surface area contributed by atoms with Crippen molar-refractivity contribution < 1.29 is 19.1 Å². The minimum absolute atomic E-state index is 0.00335. The smallest absolute Gasteiger partial charge is 0.323 e. The van der Waals surface area contributed by atoms with E-state index in [2.05, 4.69) is 11.8 Å². The van der Waals surface area contributed by atoms with Gasteiger partial charge in [-0.2, -0.15) is 0 Å². The lowest BCUT2D eigenvalue weighted by atomic mass is 9.71. The van der Waals surface area contributed by atoms with Crippen molar-refractivity contribution in [2.45, 2.75) is 51.2 Å². The number of rotatable bonds is 6. The summed E-state index contributed by atoms with van der Waals surface area (Å²) in [7, 11) is 1.57. The summed E-state index contributed by atoms with van der Waals surface area (Å²) < 4.78 is 10.7. The number of fused-ring (bicyclic) bond motifs is 3. The third-order valence-corrected chi connectivity index (χ3v) is 5.08. The highest BCUT2D eigenvalue weighted by Gasteiger charge is 2.56. The summed E-state index contributed by atoms with van der Waals surface area (Å²) in [5.41, 5.74) is 4.98. The maximum atomic E-state index is 12.8. The van der Waals surface area contributed by atoms with Gasteiger partial charge in [0.25, 0.3) is 0 Å². The fraction of sp³-hybridized carbons (Fsp3) is 0.875. The van der Waals surface area contributed by atoms with E-state index in [1.165, 1.54) is 0 Å². The third kappa shape index (κ3) is 2.92. The molecular formula is C16H28N2O4. The summed E-state index contributed by atoms with van der Waals surface area (Å²) >= 11 is 0. The molecule has 126 valence electrons. The summed E-state index contributed by atoms with van der Waals surface area (Å²) in [6, 6.07) is -0.369. The number of carbonyl (C=O) groups excluding carboxylic acids is 2. The summed E-state index contributed by atoms with van der Waals surface area (Å²) in [5.74, 6) is -0.255. The molecule has 0 saturated carbocycles. The SMILES string of the molecule is COC[C@]1(COC(=O)[C@@H](N)C(C)C)C(=O)[C@H]2CCN1[C@H](C)C2. The molecule has 3 fully saturated rings. The van der Waals surface area contributed by atoms with E-state index in [1.807, 2.05) is 13.8 Å². The van der Waals surface area contributed by atoms with Crippen LogP contribution >= 0.6 is 0 Å². The summed E-state index contributed by atoms with van der Waals surface area (Å²) in [5, 5.41) is 0. The summed E-state index contributed by atoms with van der Waals surface area (Å²) in [4.78, 5) is 27.0. The Bertz CT molecular complexity index is 440. The number of methoxy groups -OCH3 is 1. The highest BCUT2D eigenvalue weighted by molar-refractivity contribution is 5.93. The van der Waals surface area contributed by atoms with Crippen LogP contribution in [0.5, 0.6) is 0 Å². The third-order valence-electron chi connectivity index (χ3n) is 5.08. The Morgan fingerprint density at radius 1 is 1.45 bits per heavy atom. The molecule has 0 aromatic rings. The summed E-state index contributed by atoms with van der Waals surface area (Å²) in [6.07, 6.45) is 1.76. The first-order valence-corrected chi connectivity index (χ1v) is 8.05. The number of nitrogens with zero attached hydrogens (tertiary/aromatic N) is 1. The molecule has 2 bridgehead atoms. The van der Waals surface area contributed by atoms with Crippen LogP contribution in [0.3, 0.4) is 0 Å². The number of hydrogen-bond donors (Lipinski definition) is 1. The molecule has 2 N–H and O–H groups in total. The first kappa shape index (κ1) is 17.4. The Morgan fingerprint density at radius 2 is 2.14 bits per heavy atom. The molecule has 3 aliphatic heterocycles. The van der Waals surface area contributed by atoms with E-state index in [-0.39, 0.29) is 30.8 Å². The van der Waals surface area contributed by atoms with Gasteiger partial charge in [0, 0.05) is 25.6 Å². The molecular weight excluding hydrogens is 284 g/mol. The van der Waals surface area contributed by atoms with Gasteiger partial charge in [0.2, 0.25) is 0 Å². The zero-order valence-corrected chi connectivity index (χ0v) is 14.0. The number of Topliss-reactive ketones (excluding diaryl/α,β-unsaturated/α-hetero) is 1. The van der Waals surface area contributed by atoms with Crippen LogP contribution in [-0.2, 0) is 19.1 Å². The second-order valence-corrected chi connectivity index (χ2v) is 6.97. The monoisotopic (exact) mass is 312 g/mol. The number of nitrogens with two attached hydrogens (primary N) is 1. The second-order valence-electron chi connectivity index (χ2n) is 6.97. The van der Waals surface area contributed by atoms with Gasteiger partial charge in [-0.3, -0.25) is 14.5 Å². The van der Waals surface area contributed by atoms with Crippen molar-refractivity contribution in [1.29, 1.82) is 0 Å². The van der Waals surface area contributed by atoms with Crippen molar-refractivity contribution in [3.8, 4) is 0 Å². The quantitative estimate of drug-likeness (QED) is 0.723. The first-order chi connectivity index (χ1) is 10.3. The fourth-order valence-electron chi connectivity index (χ4n) is 3.72. The van der Waals surface area contributed by atoms with Crippen LogP contribution in [0.25, 0.3) is 0 Å². The standard InChI is InChI=1S/C16H28N2O4/c1-10(2)13(17)15(20)22-9-16(8-21-4)14(19)12-5-6-18(16)11(3)7-12/h10-13H,5-9,17H2,1-4H3/t11-,12+,13+,16+/m1/s1. The number of hydrogen-bond acceptors (Lipinski definition) is 6. The first-order valence-electron chi connectivity index (χ1n) is 8.05. The molecule has 6 nitrogen and oxygen atoms in total. The van der Waals surface area contributed by atoms with Crippen LogP contribution in [0.2, 0.25) is 0 Å². The van der Waals surface area contributed by atoms with E-state index in [0.29, 0.717) is 6.04 Å². The van der Waals surface area contributed by atoms with Crippen LogP contribution in [0.15, 0.2) is 0 Å². The highest BCUT2D eigenvalue weighted by Crippen LogP contribution is 2.40. The van der Waals surface area contributed by atoms with Gasteiger partial charge in [-0.25, -0.2) is 0 Å². The van der Waals surface area contributed by atoms with Crippen LogP contribution in [0.4, 0.5) is 0 Å². The predicted molar refractivity (Wildman–Crippen MR) is 82.3 cm³/mol. The van der Waals surface area contributed by atoms with Crippen LogP contribution in [-0.4, -0.2) is 61.1 Å². The average molecular weight is 312 g/mol. The Labute approximate surface area is 132 Å². The summed E-state index contributed by atoms with van der Waals surface area (Å²) in [6.45, 7) is 6.97. The Hall–Kier alpha value is -0.980. The molecule has 0 aromatic heterocycles. The van der Waals surface area contributed by atoms with Crippen LogP contribution in [0.1, 0.15) is 33.6 Å². The van der Waals surface area contributed by atoms with E-state index in [0.717, 1.165) is 19.4 Å². The largest absolute Gasteiger partial charge is 0.462 e. The highest BCUT2D eigenvalue weighted by atomic mass is 16.5. The molecule has 0 aliphatic carbocycles. The topological polar surface area (TPSA) is 81.9 Å². The Morgan fingerprint density at radius 3 is 2.68 bits per heavy atom. The molecule has 3 saturated heterocycles. The number of carbonyl (C=O) groups is 2. The maximum Gasteiger partial charge on any atom is 0.323 e. The zero-order chi connectivity index (χ0) is 16.5. The maximum absolute atomic E-state index is 12.8. The normalized spacial score (nSPS) is 35.7. The minimum Gasteiger partial charge on any atom is -0.462 e. The van der Waals surface area contributed by atoms with Crippen molar-refractivity contribution in [3.63, 3.8) is 0 Å². The van der Waals surface area contributed by atoms with Crippen molar-refractivity contribution in [2.75, 3.05) is 26.9 Å². The Kier molecular flexibility index (Phi) is 5.25. The minimum atomic E-state index is -0.846. The fourth-order valence-corrected chi connectivity index (χ4v) is 3.72. The van der Waals surface area contributed by atoms with Crippen molar-refractivity contribution in [1.82, 2.24) is 4.90 Å². The number of ether oxygens (including phenoxy) is 2. The number of piperidine rings is 3. The van der Waals surface area contributed by atoms with Gasteiger partial charge in [-0.15, -0.1) is 0 Å². The molecule has 6 heteroatoms. The van der Waals surface area contributed by atoms with Gasteiger partial charge in [-0.05, 0) is 25.7 Å². The molecule has 3 aliphatic rings. The van der Waals surface area contributed by atoms with Gasteiger partial charge in [-0.1, -0.05) is 13.8 Å². The van der Waals surface area contributed by atoms with Crippen LogP contribution < -0.4 is 5.73 Å². The van der Waals surface area contributed by atoms with E-state index in [4.69, 9.17) is 15.2 Å². The average Bonchev–Trinajstić information content (AvgIpc) is 2.48. The molecule has 0 radical (unpaired) electrons. The van der Waals surface area contributed by atoms with Gasteiger partial charge >= 0.3 is 5.97 Å². The van der Waals surface area contributed by atoms with Gasteiger partial charge in [0.1, 0.15) is 18.2 Å². The molecule has 3 heterocycles. The molecule has 1 unspecified atom stereocenters. The van der Waals surface area contributed by atoms with E-state index in [9.17, 15) is 9.59 Å². The number of ketones is 1. The van der Waals surface area contributed by atoms with Gasteiger partial charge in [0.15, 0.2) is 5.78 Å². The number of esters is 1. The lowest BCUT2D eigenvalue weighted by molar-refractivity contribution is -0.174. The van der Waals surface area contributed by atoms with E-state index >= 15 is 0 Å². The van der Waals surface area contributed by atoms with Crippen molar-refractivity contribution in [3.05, 3.63) is 0 Å². The zero-order valence-electron chi connectivity index (χ0n) is 14.0. The second kappa shape index (κ2) is 6.64. The molecule has 0 amide bonds.